The number of carbonyl (C=O) groups excluding carboxylic acids is 1. The normalized spacial score (nSPS) is 10.3. The van der Waals surface area contributed by atoms with Crippen molar-refractivity contribution >= 4 is 28.3 Å². The third-order valence-electron chi connectivity index (χ3n) is 3.00. The SMILES string of the molecule is O=C(Nc1nc(-c2ccccc2)ns1)c1cccc([N+](=O)[O-])c1. The largest absolute Gasteiger partial charge is 0.297 e. The second kappa shape index (κ2) is 6.32. The lowest BCUT2D eigenvalue weighted by Gasteiger charge is -2.01. The number of carbonyl (C=O) groups is 1. The van der Waals surface area contributed by atoms with Gasteiger partial charge >= 0.3 is 0 Å². The van der Waals surface area contributed by atoms with Gasteiger partial charge in [0.05, 0.1) is 4.92 Å². The van der Waals surface area contributed by atoms with E-state index >= 15 is 0 Å². The molecule has 0 aliphatic rings. The van der Waals surface area contributed by atoms with Crippen molar-refractivity contribution in [2.45, 2.75) is 0 Å². The Hall–Kier alpha value is -3.13. The summed E-state index contributed by atoms with van der Waals surface area (Å²) in [4.78, 5) is 26.6. The van der Waals surface area contributed by atoms with E-state index in [1.807, 2.05) is 30.3 Å². The molecule has 0 radical (unpaired) electrons. The Morgan fingerprint density at radius 1 is 1.13 bits per heavy atom. The molecule has 114 valence electrons. The van der Waals surface area contributed by atoms with Crippen LogP contribution in [0.4, 0.5) is 10.8 Å². The van der Waals surface area contributed by atoms with Crippen LogP contribution in [0.2, 0.25) is 0 Å². The number of nitrogens with zero attached hydrogens (tertiary/aromatic N) is 3. The lowest BCUT2D eigenvalue weighted by molar-refractivity contribution is -0.384. The van der Waals surface area contributed by atoms with Crippen LogP contribution in [-0.4, -0.2) is 20.2 Å². The van der Waals surface area contributed by atoms with Crippen molar-refractivity contribution in [1.82, 2.24) is 9.36 Å². The number of benzene rings is 2. The number of hydrogen-bond donors (Lipinski definition) is 1. The molecule has 0 atom stereocenters. The van der Waals surface area contributed by atoms with Crippen LogP contribution >= 0.6 is 11.5 Å². The zero-order valence-corrected chi connectivity index (χ0v) is 12.5. The van der Waals surface area contributed by atoms with Gasteiger partial charge in [0.2, 0.25) is 5.13 Å². The smallest absolute Gasteiger partial charge is 0.270 e. The highest BCUT2D eigenvalue weighted by atomic mass is 32.1. The van der Waals surface area contributed by atoms with E-state index in [9.17, 15) is 14.9 Å². The summed E-state index contributed by atoms with van der Waals surface area (Å²) in [7, 11) is 0. The average Bonchev–Trinajstić information content (AvgIpc) is 3.04. The monoisotopic (exact) mass is 326 g/mol. The molecule has 1 heterocycles. The van der Waals surface area contributed by atoms with E-state index in [0.29, 0.717) is 11.0 Å². The van der Waals surface area contributed by atoms with Gasteiger partial charge in [-0.3, -0.25) is 20.2 Å². The molecule has 7 nitrogen and oxygen atoms in total. The van der Waals surface area contributed by atoms with Crippen LogP contribution in [-0.2, 0) is 0 Å². The molecule has 0 fully saturated rings. The Morgan fingerprint density at radius 2 is 1.91 bits per heavy atom. The van der Waals surface area contributed by atoms with Crippen LogP contribution < -0.4 is 5.32 Å². The van der Waals surface area contributed by atoms with E-state index < -0.39 is 10.8 Å². The fourth-order valence-corrected chi connectivity index (χ4v) is 2.49. The molecule has 1 amide bonds. The Kier molecular flexibility index (Phi) is 4.07. The summed E-state index contributed by atoms with van der Waals surface area (Å²) in [6, 6.07) is 14.9. The highest BCUT2D eigenvalue weighted by molar-refractivity contribution is 7.10. The van der Waals surface area contributed by atoms with Crippen molar-refractivity contribution < 1.29 is 9.72 Å². The maximum atomic E-state index is 12.1. The quantitative estimate of drug-likeness (QED) is 0.585. The van der Waals surface area contributed by atoms with Crippen LogP contribution in [0.3, 0.4) is 0 Å². The summed E-state index contributed by atoms with van der Waals surface area (Å²) in [5, 5.41) is 13.7. The summed E-state index contributed by atoms with van der Waals surface area (Å²) >= 11 is 1.05. The van der Waals surface area contributed by atoms with Crippen LogP contribution in [0.25, 0.3) is 11.4 Å². The van der Waals surface area contributed by atoms with Gasteiger partial charge in [-0.1, -0.05) is 36.4 Å². The Morgan fingerprint density at radius 3 is 2.65 bits per heavy atom. The Labute approximate surface area is 134 Å². The zero-order chi connectivity index (χ0) is 16.2. The third-order valence-corrected chi connectivity index (χ3v) is 3.63. The van der Waals surface area contributed by atoms with Crippen molar-refractivity contribution in [3.8, 4) is 11.4 Å². The number of nitrogens with one attached hydrogen (secondary N) is 1. The molecule has 1 aromatic heterocycles. The fraction of sp³-hybridized carbons (Fsp3) is 0. The lowest BCUT2D eigenvalue weighted by atomic mass is 10.2. The first-order valence-corrected chi connectivity index (χ1v) is 7.36. The van der Waals surface area contributed by atoms with Crippen molar-refractivity contribution in [2.75, 3.05) is 5.32 Å². The summed E-state index contributed by atoms with van der Waals surface area (Å²) in [5.41, 5.74) is 0.898. The van der Waals surface area contributed by atoms with Gasteiger partial charge in [0.15, 0.2) is 5.82 Å². The van der Waals surface area contributed by atoms with Gasteiger partial charge in [-0.05, 0) is 6.07 Å². The molecule has 0 bridgehead atoms. The summed E-state index contributed by atoms with van der Waals surface area (Å²) in [5.74, 6) is 0.0504. The predicted molar refractivity (Wildman–Crippen MR) is 86.4 cm³/mol. The second-order valence-electron chi connectivity index (χ2n) is 4.55. The van der Waals surface area contributed by atoms with Crippen molar-refractivity contribution in [1.29, 1.82) is 0 Å². The van der Waals surface area contributed by atoms with Crippen LogP contribution in [0.5, 0.6) is 0 Å². The molecule has 0 spiro atoms. The van der Waals surface area contributed by atoms with Gasteiger partial charge in [0.1, 0.15) is 0 Å². The number of non-ortho nitro benzene ring substituents is 1. The third kappa shape index (κ3) is 3.38. The summed E-state index contributed by atoms with van der Waals surface area (Å²) in [6.07, 6.45) is 0. The van der Waals surface area contributed by atoms with E-state index in [1.165, 1.54) is 24.3 Å². The molecular formula is C15H10N4O3S. The predicted octanol–water partition coefficient (Wildman–Crippen LogP) is 3.37. The average molecular weight is 326 g/mol. The highest BCUT2D eigenvalue weighted by Gasteiger charge is 2.14. The van der Waals surface area contributed by atoms with E-state index in [4.69, 9.17) is 0 Å². The minimum absolute atomic E-state index is 0.139. The zero-order valence-electron chi connectivity index (χ0n) is 11.7. The van der Waals surface area contributed by atoms with E-state index in [0.717, 1.165) is 17.1 Å². The van der Waals surface area contributed by atoms with E-state index in [1.54, 1.807) is 0 Å². The van der Waals surface area contributed by atoms with Crippen LogP contribution in [0.15, 0.2) is 54.6 Å². The molecule has 23 heavy (non-hydrogen) atoms. The lowest BCUT2D eigenvalue weighted by Crippen LogP contribution is -2.11. The first-order valence-electron chi connectivity index (χ1n) is 6.58. The van der Waals surface area contributed by atoms with Gasteiger partial charge in [-0.15, -0.1) is 0 Å². The number of anilines is 1. The number of aromatic nitrogens is 2. The van der Waals surface area contributed by atoms with Crippen molar-refractivity contribution in [3.63, 3.8) is 0 Å². The second-order valence-corrected chi connectivity index (χ2v) is 5.30. The number of hydrogen-bond acceptors (Lipinski definition) is 6. The number of nitro benzene ring substituents is 1. The first kappa shape index (κ1) is 14.8. The molecule has 0 aliphatic carbocycles. The number of nitro groups is 1. The molecular weight excluding hydrogens is 316 g/mol. The summed E-state index contributed by atoms with van der Waals surface area (Å²) in [6.45, 7) is 0. The van der Waals surface area contributed by atoms with Gasteiger partial charge in [0, 0.05) is 34.8 Å². The maximum absolute atomic E-state index is 12.1. The molecule has 2 aromatic carbocycles. The van der Waals surface area contributed by atoms with E-state index in [2.05, 4.69) is 14.7 Å². The van der Waals surface area contributed by atoms with Crippen molar-refractivity contribution in [3.05, 3.63) is 70.3 Å². The molecule has 0 saturated heterocycles. The first-order chi connectivity index (χ1) is 11.1. The van der Waals surface area contributed by atoms with Gasteiger partial charge in [-0.2, -0.15) is 9.36 Å². The topological polar surface area (TPSA) is 98.0 Å². The minimum Gasteiger partial charge on any atom is -0.297 e. The molecule has 3 aromatic rings. The van der Waals surface area contributed by atoms with Crippen LogP contribution in [0.1, 0.15) is 10.4 Å². The number of rotatable bonds is 4. The van der Waals surface area contributed by atoms with Crippen LogP contribution in [0, 0.1) is 10.1 Å². The molecule has 0 unspecified atom stereocenters. The number of amides is 1. The van der Waals surface area contributed by atoms with Crippen molar-refractivity contribution in [2.24, 2.45) is 0 Å². The molecule has 3 rings (SSSR count). The standard InChI is InChI=1S/C15H10N4O3S/c20-14(11-7-4-8-12(9-11)19(21)22)17-15-16-13(18-23-15)10-5-2-1-3-6-10/h1-9H,(H,16,17,18,20). The van der Waals surface area contributed by atoms with Gasteiger partial charge in [-0.25, -0.2) is 0 Å². The molecule has 8 heteroatoms. The Bertz CT molecular complexity index is 864. The molecule has 0 aliphatic heterocycles. The van der Waals surface area contributed by atoms with Gasteiger partial charge < -0.3 is 0 Å². The molecule has 1 N–H and O–H groups in total. The maximum Gasteiger partial charge on any atom is 0.270 e. The molecule has 0 saturated carbocycles. The summed E-state index contributed by atoms with van der Waals surface area (Å²) < 4.78 is 4.19. The fourth-order valence-electron chi connectivity index (χ4n) is 1.91. The minimum atomic E-state index is -0.546. The Balaban J connectivity index is 1.77. The highest BCUT2D eigenvalue weighted by Crippen LogP contribution is 2.21. The van der Waals surface area contributed by atoms with Gasteiger partial charge in [0.25, 0.3) is 11.6 Å². The van der Waals surface area contributed by atoms with E-state index in [-0.39, 0.29) is 11.3 Å².